The minimum atomic E-state index is -0.0771. The van der Waals surface area contributed by atoms with Crippen molar-refractivity contribution >= 4 is 33.2 Å². The molecule has 9 heteroatoms. The fourth-order valence-electron chi connectivity index (χ4n) is 4.15. The lowest BCUT2D eigenvalue weighted by Crippen LogP contribution is -2.32. The summed E-state index contributed by atoms with van der Waals surface area (Å²) < 4.78 is 7.79. The molecule has 4 rings (SSSR count). The number of benzene rings is 1. The molecule has 0 aliphatic carbocycles. The Balaban J connectivity index is 1.54. The van der Waals surface area contributed by atoms with Crippen LogP contribution < -0.4 is 5.32 Å². The third kappa shape index (κ3) is 4.47. The Bertz CT molecular complexity index is 1110. The monoisotopic (exact) mass is 441 g/mol. The molecule has 0 unspecified atom stereocenters. The Morgan fingerprint density at radius 3 is 2.84 bits per heavy atom. The summed E-state index contributed by atoms with van der Waals surface area (Å²) in [6, 6.07) is 8.10. The molecular weight excluding hydrogens is 414 g/mol. The van der Waals surface area contributed by atoms with E-state index in [2.05, 4.69) is 21.5 Å². The zero-order chi connectivity index (χ0) is 22.0. The summed E-state index contributed by atoms with van der Waals surface area (Å²) >= 11 is 1.52. The van der Waals surface area contributed by atoms with Crippen molar-refractivity contribution in [3.63, 3.8) is 0 Å². The van der Waals surface area contributed by atoms with Crippen LogP contribution in [0.1, 0.15) is 39.2 Å². The maximum Gasteiger partial charge on any atom is 0.261 e. The summed E-state index contributed by atoms with van der Waals surface area (Å²) in [5, 5.41) is 8.35. The molecular formula is C22H27N5O3S. The molecule has 1 aliphatic heterocycles. The molecule has 2 amide bonds. The van der Waals surface area contributed by atoms with Crippen LogP contribution in [0.15, 0.2) is 24.3 Å². The zero-order valence-corrected chi connectivity index (χ0v) is 18.9. The standard InChI is InChI=1S/C22H27N5O3S/c1-14-24-15(2)27(25-14)13-19(28)26-10-8-16(12-26)20-17-6-4-5-7-18(17)31-21(20)22(29)23-9-11-30-3/h4-7,16H,8-13H2,1-3H3,(H,23,29)/t16-/m0/s1. The van der Waals surface area contributed by atoms with Crippen LogP contribution in [0.4, 0.5) is 0 Å². The van der Waals surface area contributed by atoms with Gasteiger partial charge in [0.2, 0.25) is 5.91 Å². The van der Waals surface area contributed by atoms with E-state index in [1.54, 1.807) is 11.8 Å². The Labute approximate surface area is 185 Å². The van der Waals surface area contributed by atoms with Gasteiger partial charge in [-0.1, -0.05) is 18.2 Å². The molecule has 0 radical (unpaired) electrons. The molecule has 164 valence electrons. The summed E-state index contributed by atoms with van der Waals surface area (Å²) in [7, 11) is 1.61. The minimum Gasteiger partial charge on any atom is -0.383 e. The molecule has 0 saturated carbocycles. The van der Waals surface area contributed by atoms with Crippen molar-refractivity contribution in [2.75, 3.05) is 33.4 Å². The molecule has 31 heavy (non-hydrogen) atoms. The van der Waals surface area contributed by atoms with Crippen molar-refractivity contribution in [3.8, 4) is 0 Å². The number of hydrogen-bond donors (Lipinski definition) is 1. The number of thiophene rings is 1. The Morgan fingerprint density at radius 1 is 1.29 bits per heavy atom. The number of amides is 2. The van der Waals surface area contributed by atoms with Gasteiger partial charge in [0.1, 0.15) is 18.2 Å². The first-order chi connectivity index (χ1) is 15.0. The van der Waals surface area contributed by atoms with Crippen LogP contribution >= 0.6 is 11.3 Å². The van der Waals surface area contributed by atoms with Crippen molar-refractivity contribution in [2.45, 2.75) is 32.7 Å². The molecule has 1 saturated heterocycles. The number of ether oxygens (including phenoxy) is 1. The molecule has 3 aromatic rings. The number of nitrogens with zero attached hydrogens (tertiary/aromatic N) is 4. The van der Waals surface area contributed by atoms with Gasteiger partial charge in [0.15, 0.2) is 0 Å². The van der Waals surface area contributed by atoms with Crippen LogP contribution in [0.25, 0.3) is 10.1 Å². The Kier molecular flexibility index (Phi) is 6.33. The van der Waals surface area contributed by atoms with E-state index in [1.165, 1.54) is 11.3 Å². The van der Waals surface area contributed by atoms with Gasteiger partial charge in [0, 0.05) is 37.4 Å². The van der Waals surface area contributed by atoms with E-state index in [9.17, 15) is 9.59 Å². The van der Waals surface area contributed by atoms with Gasteiger partial charge in [-0.2, -0.15) is 5.10 Å². The average molecular weight is 442 g/mol. The lowest BCUT2D eigenvalue weighted by atomic mass is 9.95. The van der Waals surface area contributed by atoms with Gasteiger partial charge in [-0.15, -0.1) is 11.3 Å². The van der Waals surface area contributed by atoms with Gasteiger partial charge in [-0.3, -0.25) is 9.59 Å². The van der Waals surface area contributed by atoms with Gasteiger partial charge in [0.05, 0.1) is 11.5 Å². The quantitative estimate of drug-likeness (QED) is 0.569. The second-order valence-electron chi connectivity index (χ2n) is 7.78. The van der Waals surface area contributed by atoms with E-state index in [0.717, 1.165) is 32.8 Å². The first-order valence-corrected chi connectivity index (χ1v) is 11.2. The van der Waals surface area contributed by atoms with Crippen LogP contribution in [0.2, 0.25) is 0 Å². The van der Waals surface area contributed by atoms with Gasteiger partial charge in [0.25, 0.3) is 5.91 Å². The number of methoxy groups -OCH3 is 1. The lowest BCUT2D eigenvalue weighted by molar-refractivity contribution is -0.131. The largest absolute Gasteiger partial charge is 0.383 e. The highest BCUT2D eigenvalue weighted by Gasteiger charge is 2.32. The highest BCUT2D eigenvalue weighted by Crippen LogP contribution is 2.40. The number of carbonyl (C=O) groups is 2. The van der Waals surface area contributed by atoms with Gasteiger partial charge in [-0.05, 0) is 37.3 Å². The maximum absolute atomic E-state index is 12.9. The zero-order valence-electron chi connectivity index (χ0n) is 18.1. The number of likely N-dealkylation sites (tertiary alicyclic amines) is 1. The van der Waals surface area contributed by atoms with Gasteiger partial charge >= 0.3 is 0 Å². The van der Waals surface area contributed by atoms with Crippen LogP contribution in [0, 0.1) is 13.8 Å². The van der Waals surface area contributed by atoms with Gasteiger partial charge in [-0.25, -0.2) is 9.67 Å². The van der Waals surface area contributed by atoms with E-state index >= 15 is 0 Å². The SMILES string of the molecule is COCCNC(=O)c1sc2ccccc2c1[C@H]1CCN(C(=O)Cn2nc(C)nc2C)C1. The summed E-state index contributed by atoms with van der Waals surface area (Å²) in [6.07, 6.45) is 0.834. The van der Waals surface area contributed by atoms with Crippen molar-refractivity contribution in [2.24, 2.45) is 0 Å². The van der Waals surface area contributed by atoms with Crippen LogP contribution in [-0.2, 0) is 16.1 Å². The normalized spacial score (nSPS) is 16.2. The third-order valence-corrected chi connectivity index (χ3v) is 6.81. The lowest BCUT2D eigenvalue weighted by Gasteiger charge is -2.17. The van der Waals surface area contributed by atoms with E-state index in [0.29, 0.717) is 32.1 Å². The van der Waals surface area contributed by atoms with Crippen molar-refractivity contribution in [1.29, 1.82) is 0 Å². The number of rotatable bonds is 7. The number of nitrogens with one attached hydrogen (secondary N) is 1. The minimum absolute atomic E-state index is 0.0288. The summed E-state index contributed by atoms with van der Waals surface area (Å²) in [4.78, 5) is 32.7. The number of carbonyl (C=O) groups excluding carboxylic acids is 2. The van der Waals surface area contributed by atoms with E-state index in [-0.39, 0.29) is 24.3 Å². The number of hydrogen-bond acceptors (Lipinski definition) is 6. The van der Waals surface area contributed by atoms with E-state index < -0.39 is 0 Å². The second-order valence-corrected chi connectivity index (χ2v) is 8.83. The van der Waals surface area contributed by atoms with Crippen LogP contribution in [-0.4, -0.2) is 64.8 Å². The smallest absolute Gasteiger partial charge is 0.261 e. The fraction of sp³-hybridized carbons (Fsp3) is 0.455. The highest BCUT2D eigenvalue weighted by atomic mass is 32.1. The molecule has 1 N–H and O–H groups in total. The number of fused-ring (bicyclic) bond motifs is 1. The number of aryl methyl sites for hydroxylation is 2. The molecule has 8 nitrogen and oxygen atoms in total. The predicted molar refractivity (Wildman–Crippen MR) is 119 cm³/mol. The van der Waals surface area contributed by atoms with E-state index in [1.807, 2.05) is 36.9 Å². The summed E-state index contributed by atoms with van der Waals surface area (Å²) in [6.45, 7) is 6.07. The molecule has 1 fully saturated rings. The topological polar surface area (TPSA) is 89.4 Å². The summed E-state index contributed by atoms with van der Waals surface area (Å²) in [5.74, 6) is 1.48. The third-order valence-electron chi connectivity index (χ3n) is 5.63. The number of aromatic nitrogens is 3. The Hall–Kier alpha value is -2.78. The molecule has 0 bridgehead atoms. The average Bonchev–Trinajstić information content (AvgIpc) is 3.44. The van der Waals surface area contributed by atoms with E-state index in [4.69, 9.17) is 4.74 Å². The highest BCUT2D eigenvalue weighted by molar-refractivity contribution is 7.21. The van der Waals surface area contributed by atoms with Gasteiger partial charge < -0.3 is 15.0 Å². The van der Waals surface area contributed by atoms with Crippen LogP contribution in [0.3, 0.4) is 0 Å². The molecule has 1 aromatic carbocycles. The first kappa shape index (κ1) is 21.5. The fourth-order valence-corrected chi connectivity index (χ4v) is 5.35. The molecule has 2 aromatic heterocycles. The second kappa shape index (κ2) is 9.15. The molecule has 3 heterocycles. The molecule has 1 aliphatic rings. The van der Waals surface area contributed by atoms with Crippen molar-refractivity contribution in [1.82, 2.24) is 25.0 Å². The summed E-state index contributed by atoms with van der Waals surface area (Å²) in [5.41, 5.74) is 1.05. The first-order valence-electron chi connectivity index (χ1n) is 10.4. The maximum atomic E-state index is 12.9. The molecule has 1 atom stereocenters. The molecule has 0 spiro atoms. The van der Waals surface area contributed by atoms with Crippen LogP contribution in [0.5, 0.6) is 0 Å². The Morgan fingerprint density at radius 2 is 2.10 bits per heavy atom. The van der Waals surface area contributed by atoms with Crippen molar-refractivity contribution in [3.05, 3.63) is 46.4 Å². The predicted octanol–water partition coefficient (Wildman–Crippen LogP) is 2.50. The van der Waals surface area contributed by atoms with Crippen molar-refractivity contribution < 1.29 is 14.3 Å².